The lowest BCUT2D eigenvalue weighted by atomic mass is 10.1. The third kappa shape index (κ3) is 7.32. The summed E-state index contributed by atoms with van der Waals surface area (Å²) in [5.74, 6) is -0.755. The maximum absolute atomic E-state index is 13.6. The smallest absolute Gasteiger partial charge is 0.244 e. The van der Waals surface area contributed by atoms with Crippen LogP contribution in [0.3, 0.4) is 0 Å². The fourth-order valence-corrected chi connectivity index (χ4v) is 4.37. The summed E-state index contributed by atoms with van der Waals surface area (Å²) in [4.78, 5) is 27.9. The topological polar surface area (TPSA) is 86.8 Å². The summed E-state index contributed by atoms with van der Waals surface area (Å²) < 4.78 is 26.3. The van der Waals surface area contributed by atoms with Gasteiger partial charge in [-0.15, -0.1) is 0 Å². The van der Waals surface area contributed by atoms with Crippen molar-refractivity contribution in [2.45, 2.75) is 59.7 Å². The Labute approximate surface area is 197 Å². The molecule has 0 aliphatic heterocycles. The lowest BCUT2D eigenvalue weighted by molar-refractivity contribution is -0.140. The van der Waals surface area contributed by atoms with Crippen molar-refractivity contribution < 1.29 is 18.0 Å². The van der Waals surface area contributed by atoms with Crippen LogP contribution in [0.25, 0.3) is 0 Å². The van der Waals surface area contributed by atoms with Crippen LogP contribution in [0.5, 0.6) is 0 Å². The second-order valence-corrected chi connectivity index (χ2v) is 11.3. The number of hydrogen-bond acceptors (Lipinski definition) is 4. The SMILES string of the molecule is Cc1ccccc1CN(C(=O)CN(c1ccccc1C)S(C)(=O)=O)[C@@H](C)C(=O)NC(C)(C)C. The second kappa shape index (κ2) is 10.4. The molecule has 180 valence electrons. The van der Waals surface area contributed by atoms with Crippen LogP contribution in [-0.2, 0) is 26.2 Å². The molecule has 0 aliphatic carbocycles. The van der Waals surface area contributed by atoms with Gasteiger partial charge in [-0.2, -0.15) is 0 Å². The summed E-state index contributed by atoms with van der Waals surface area (Å²) in [6, 6.07) is 13.8. The second-order valence-electron chi connectivity index (χ2n) is 9.42. The van der Waals surface area contributed by atoms with Crippen molar-refractivity contribution >= 4 is 27.5 Å². The fraction of sp³-hybridized carbons (Fsp3) is 0.440. The van der Waals surface area contributed by atoms with Crippen LogP contribution in [0, 0.1) is 13.8 Å². The Morgan fingerprint density at radius 2 is 1.52 bits per heavy atom. The number of amides is 2. The first kappa shape index (κ1) is 26.4. The van der Waals surface area contributed by atoms with Gasteiger partial charge >= 0.3 is 0 Å². The van der Waals surface area contributed by atoms with Gasteiger partial charge < -0.3 is 10.2 Å². The predicted octanol–water partition coefficient (Wildman–Crippen LogP) is 3.40. The number of carbonyl (C=O) groups excluding carboxylic acids is 2. The molecule has 33 heavy (non-hydrogen) atoms. The third-order valence-corrected chi connectivity index (χ3v) is 6.46. The number of para-hydroxylation sites is 1. The van der Waals surface area contributed by atoms with Crippen LogP contribution >= 0.6 is 0 Å². The summed E-state index contributed by atoms with van der Waals surface area (Å²) in [7, 11) is -3.74. The van der Waals surface area contributed by atoms with Gasteiger partial charge in [0.2, 0.25) is 21.8 Å². The molecule has 2 amide bonds. The van der Waals surface area contributed by atoms with Crippen LogP contribution in [-0.4, -0.2) is 49.5 Å². The first-order valence-corrected chi connectivity index (χ1v) is 12.7. The number of sulfonamides is 1. The average molecular weight is 474 g/mol. The number of anilines is 1. The molecule has 0 radical (unpaired) electrons. The minimum absolute atomic E-state index is 0.190. The van der Waals surface area contributed by atoms with Gasteiger partial charge in [0, 0.05) is 12.1 Å². The van der Waals surface area contributed by atoms with Crippen molar-refractivity contribution in [3.63, 3.8) is 0 Å². The first-order valence-electron chi connectivity index (χ1n) is 10.9. The van der Waals surface area contributed by atoms with Gasteiger partial charge in [-0.05, 0) is 64.3 Å². The van der Waals surface area contributed by atoms with E-state index in [1.165, 1.54) is 4.90 Å². The molecule has 1 atom stereocenters. The first-order chi connectivity index (χ1) is 15.2. The number of hydrogen-bond donors (Lipinski definition) is 1. The summed E-state index contributed by atoms with van der Waals surface area (Å²) in [6.07, 6.45) is 1.08. The Morgan fingerprint density at radius 3 is 2.03 bits per heavy atom. The maximum atomic E-state index is 13.6. The van der Waals surface area contributed by atoms with E-state index >= 15 is 0 Å². The molecule has 0 spiro atoms. The molecule has 2 aromatic rings. The van der Waals surface area contributed by atoms with E-state index in [0.717, 1.165) is 27.3 Å². The largest absolute Gasteiger partial charge is 0.350 e. The standard InChI is InChI=1S/C25H35N3O4S/c1-18-12-8-10-14-21(18)16-27(20(3)24(30)26-25(4,5)6)23(29)17-28(33(7,31)32)22-15-11-9-13-19(22)2/h8-15,20H,16-17H2,1-7H3,(H,26,30)/t20-/m0/s1. The molecule has 0 aromatic heterocycles. The highest BCUT2D eigenvalue weighted by Crippen LogP contribution is 2.23. The molecule has 8 heteroatoms. The maximum Gasteiger partial charge on any atom is 0.244 e. The van der Waals surface area contributed by atoms with Crippen molar-refractivity contribution in [3.05, 3.63) is 65.2 Å². The molecule has 0 fully saturated rings. The van der Waals surface area contributed by atoms with E-state index in [1.807, 2.05) is 58.0 Å². The number of rotatable bonds is 8. The number of benzene rings is 2. The van der Waals surface area contributed by atoms with E-state index in [9.17, 15) is 18.0 Å². The Balaban J connectivity index is 2.43. The molecule has 2 rings (SSSR count). The molecule has 0 heterocycles. The van der Waals surface area contributed by atoms with E-state index in [1.54, 1.807) is 32.0 Å². The lowest BCUT2D eigenvalue weighted by Crippen LogP contribution is -2.54. The van der Waals surface area contributed by atoms with Gasteiger partial charge in [0.05, 0.1) is 11.9 Å². The van der Waals surface area contributed by atoms with E-state index in [2.05, 4.69) is 5.32 Å². The van der Waals surface area contributed by atoms with Crippen LogP contribution in [0.4, 0.5) is 5.69 Å². The third-order valence-electron chi connectivity index (χ3n) is 5.33. The monoisotopic (exact) mass is 473 g/mol. The number of carbonyl (C=O) groups is 2. The highest BCUT2D eigenvalue weighted by molar-refractivity contribution is 7.92. The molecule has 0 bridgehead atoms. The molecule has 0 unspecified atom stereocenters. The molecule has 0 aliphatic rings. The zero-order valence-corrected chi connectivity index (χ0v) is 21.4. The highest BCUT2D eigenvalue weighted by Gasteiger charge is 2.31. The normalized spacial score (nSPS) is 12.7. The van der Waals surface area contributed by atoms with Gasteiger partial charge in [0.1, 0.15) is 12.6 Å². The van der Waals surface area contributed by atoms with Gasteiger partial charge in [-0.25, -0.2) is 8.42 Å². The van der Waals surface area contributed by atoms with Crippen LogP contribution in [0.1, 0.15) is 44.4 Å². The molecule has 1 N–H and O–H groups in total. The number of nitrogens with zero attached hydrogens (tertiary/aromatic N) is 2. The molecule has 0 saturated heterocycles. The minimum Gasteiger partial charge on any atom is -0.350 e. The van der Waals surface area contributed by atoms with Crippen LogP contribution in [0.2, 0.25) is 0 Å². The highest BCUT2D eigenvalue weighted by atomic mass is 32.2. The minimum atomic E-state index is -3.74. The van der Waals surface area contributed by atoms with Gasteiger partial charge in [0.15, 0.2) is 0 Å². The van der Waals surface area contributed by atoms with E-state index in [4.69, 9.17) is 0 Å². The molecular weight excluding hydrogens is 438 g/mol. The zero-order valence-electron chi connectivity index (χ0n) is 20.5. The Morgan fingerprint density at radius 1 is 0.970 bits per heavy atom. The fourth-order valence-electron chi connectivity index (χ4n) is 3.47. The molecule has 2 aromatic carbocycles. The summed E-state index contributed by atoms with van der Waals surface area (Å²) in [5, 5.41) is 2.91. The average Bonchev–Trinajstić information content (AvgIpc) is 2.69. The molecule has 0 saturated carbocycles. The Bertz CT molecular complexity index is 1110. The molecule has 7 nitrogen and oxygen atoms in total. The Kier molecular flexibility index (Phi) is 8.30. The van der Waals surface area contributed by atoms with Gasteiger partial charge in [0.25, 0.3) is 0 Å². The van der Waals surface area contributed by atoms with E-state index in [-0.39, 0.29) is 12.5 Å². The summed E-state index contributed by atoms with van der Waals surface area (Å²) >= 11 is 0. The summed E-state index contributed by atoms with van der Waals surface area (Å²) in [6.45, 7) is 10.8. The molecular formula is C25H35N3O4S. The summed E-state index contributed by atoms with van der Waals surface area (Å²) in [5.41, 5.74) is 2.58. The Hall–Kier alpha value is -2.87. The van der Waals surface area contributed by atoms with Crippen molar-refractivity contribution in [1.82, 2.24) is 10.2 Å². The number of nitrogens with one attached hydrogen (secondary N) is 1. The van der Waals surface area contributed by atoms with Crippen molar-refractivity contribution in [2.24, 2.45) is 0 Å². The van der Waals surface area contributed by atoms with Gasteiger partial charge in [-0.3, -0.25) is 13.9 Å². The van der Waals surface area contributed by atoms with Crippen molar-refractivity contribution in [2.75, 3.05) is 17.1 Å². The predicted molar refractivity (Wildman–Crippen MR) is 132 cm³/mol. The number of aryl methyl sites for hydroxylation is 2. The lowest BCUT2D eigenvalue weighted by Gasteiger charge is -2.33. The van der Waals surface area contributed by atoms with Crippen molar-refractivity contribution in [3.8, 4) is 0 Å². The van der Waals surface area contributed by atoms with Crippen LogP contribution in [0.15, 0.2) is 48.5 Å². The van der Waals surface area contributed by atoms with Crippen molar-refractivity contribution in [1.29, 1.82) is 0 Å². The van der Waals surface area contributed by atoms with E-state index < -0.39 is 34.1 Å². The van der Waals surface area contributed by atoms with E-state index in [0.29, 0.717) is 5.69 Å². The zero-order chi connectivity index (χ0) is 25.0. The quantitative estimate of drug-likeness (QED) is 0.637. The van der Waals surface area contributed by atoms with Crippen LogP contribution < -0.4 is 9.62 Å². The van der Waals surface area contributed by atoms with Gasteiger partial charge in [-0.1, -0.05) is 42.5 Å².